The van der Waals surface area contributed by atoms with Crippen LogP contribution in [0.2, 0.25) is 0 Å². The summed E-state index contributed by atoms with van der Waals surface area (Å²) in [5, 5.41) is 3.63. The molecule has 1 aliphatic heterocycles. The molecule has 2 heteroatoms. The molecular weight excluding hydrogens is 280 g/mol. The third-order valence-electron chi connectivity index (χ3n) is 5.46. The van der Waals surface area contributed by atoms with Gasteiger partial charge in [-0.1, -0.05) is 104 Å². The Bertz CT molecular complexity index is 242. The van der Waals surface area contributed by atoms with Gasteiger partial charge in [0.1, 0.15) is 0 Å². The molecule has 1 unspecified atom stereocenters. The molecule has 0 aliphatic carbocycles. The molecule has 1 fully saturated rings. The fourth-order valence-electron chi connectivity index (χ4n) is 3.86. The van der Waals surface area contributed by atoms with Gasteiger partial charge in [0.05, 0.1) is 6.17 Å². The first kappa shape index (κ1) is 21.0. The van der Waals surface area contributed by atoms with Crippen LogP contribution in [0.3, 0.4) is 0 Å². The lowest BCUT2D eigenvalue weighted by molar-refractivity contribution is 0.236. The minimum atomic E-state index is 0.678. The molecule has 0 bridgehead atoms. The summed E-state index contributed by atoms with van der Waals surface area (Å²) in [5.74, 6) is 0. The van der Waals surface area contributed by atoms with Gasteiger partial charge in [-0.25, -0.2) is 0 Å². The van der Waals surface area contributed by atoms with E-state index in [1.165, 1.54) is 116 Å². The van der Waals surface area contributed by atoms with Crippen molar-refractivity contribution in [2.75, 3.05) is 19.6 Å². The Morgan fingerprint density at radius 2 is 1.17 bits per heavy atom. The van der Waals surface area contributed by atoms with Gasteiger partial charge in [0, 0.05) is 13.1 Å². The number of unbranched alkanes of at least 4 members (excludes halogenated alkanes) is 13. The average Bonchev–Trinajstić information content (AvgIpc) is 3.02. The number of hydrogen-bond acceptors (Lipinski definition) is 2. The Hall–Kier alpha value is -0.0800. The molecule has 0 aromatic carbocycles. The number of likely N-dealkylation sites (N-methyl/N-ethyl adjacent to an activating group) is 1. The number of nitrogens with zero attached hydrogens (tertiary/aromatic N) is 1. The molecule has 1 atom stereocenters. The second-order valence-electron chi connectivity index (χ2n) is 7.48. The van der Waals surface area contributed by atoms with E-state index in [0.717, 1.165) is 0 Å². The third kappa shape index (κ3) is 11.2. The van der Waals surface area contributed by atoms with Crippen molar-refractivity contribution in [3.05, 3.63) is 0 Å². The van der Waals surface area contributed by atoms with Gasteiger partial charge < -0.3 is 5.32 Å². The summed E-state index contributed by atoms with van der Waals surface area (Å²) in [6.45, 7) is 8.23. The van der Waals surface area contributed by atoms with Crippen molar-refractivity contribution in [2.45, 2.75) is 116 Å². The molecule has 1 N–H and O–H groups in total. The summed E-state index contributed by atoms with van der Waals surface area (Å²) >= 11 is 0. The summed E-state index contributed by atoms with van der Waals surface area (Å²) in [7, 11) is 0. The average molecular weight is 325 g/mol. The molecule has 1 rings (SSSR count). The number of hydrogen-bond donors (Lipinski definition) is 1. The zero-order valence-corrected chi connectivity index (χ0v) is 16.3. The highest BCUT2D eigenvalue weighted by atomic mass is 15.3. The summed E-state index contributed by atoms with van der Waals surface area (Å²) in [5.41, 5.74) is 0. The van der Waals surface area contributed by atoms with E-state index in [-0.39, 0.29) is 0 Å². The van der Waals surface area contributed by atoms with Gasteiger partial charge >= 0.3 is 0 Å². The van der Waals surface area contributed by atoms with E-state index in [0.29, 0.717) is 6.17 Å². The quantitative estimate of drug-likeness (QED) is 0.345. The maximum Gasteiger partial charge on any atom is 0.0597 e. The third-order valence-corrected chi connectivity index (χ3v) is 5.46. The predicted octanol–water partition coefficient (Wildman–Crippen LogP) is 6.11. The van der Waals surface area contributed by atoms with Crippen LogP contribution < -0.4 is 5.32 Å². The number of rotatable bonds is 16. The van der Waals surface area contributed by atoms with Gasteiger partial charge in [-0.2, -0.15) is 0 Å². The molecule has 1 heterocycles. The number of nitrogens with one attached hydrogen (secondary N) is 1. The minimum absolute atomic E-state index is 0.678. The van der Waals surface area contributed by atoms with Gasteiger partial charge in [-0.15, -0.1) is 0 Å². The van der Waals surface area contributed by atoms with Crippen LogP contribution in [0.4, 0.5) is 0 Å². The molecular formula is C21H44N2. The molecule has 0 radical (unpaired) electrons. The van der Waals surface area contributed by atoms with Crippen LogP contribution in [0.25, 0.3) is 0 Å². The van der Waals surface area contributed by atoms with E-state index in [1.54, 1.807) is 0 Å². The lowest BCUT2D eigenvalue weighted by Gasteiger charge is -2.22. The second kappa shape index (κ2) is 15.4. The zero-order chi connectivity index (χ0) is 16.6. The Balaban J connectivity index is 1.73. The Morgan fingerprint density at radius 3 is 1.65 bits per heavy atom. The lowest BCUT2D eigenvalue weighted by atomic mass is 10.0. The fraction of sp³-hybridized carbons (Fsp3) is 1.00. The molecule has 1 aliphatic rings. The zero-order valence-electron chi connectivity index (χ0n) is 16.3. The first-order valence-corrected chi connectivity index (χ1v) is 10.9. The smallest absolute Gasteiger partial charge is 0.0597 e. The van der Waals surface area contributed by atoms with E-state index >= 15 is 0 Å². The molecule has 138 valence electrons. The highest BCUT2D eigenvalue weighted by molar-refractivity contribution is 4.76. The second-order valence-corrected chi connectivity index (χ2v) is 7.48. The fourth-order valence-corrected chi connectivity index (χ4v) is 3.86. The maximum absolute atomic E-state index is 3.63. The monoisotopic (exact) mass is 324 g/mol. The van der Waals surface area contributed by atoms with Crippen LogP contribution in [-0.2, 0) is 0 Å². The van der Waals surface area contributed by atoms with Crippen LogP contribution in [0.1, 0.15) is 110 Å². The lowest BCUT2D eigenvalue weighted by Crippen LogP contribution is -2.35. The molecule has 0 aromatic heterocycles. The van der Waals surface area contributed by atoms with Gasteiger partial charge in [0.15, 0.2) is 0 Å². The SMILES string of the molecule is CCCCCCCCCCCCCCCCC1NCCN1CC. The van der Waals surface area contributed by atoms with Gasteiger partial charge in [-0.05, 0) is 13.0 Å². The summed E-state index contributed by atoms with van der Waals surface area (Å²) in [4.78, 5) is 2.59. The first-order valence-electron chi connectivity index (χ1n) is 10.9. The van der Waals surface area contributed by atoms with Gasteiger partial charge in [0.25, 0.3) is 0 Å². The van der Waals surface area contributed by atoms with Crippen LogP contribution in [0.15, 0.2) is 0 Å². The van der Waals surface area contributed by atoms with E-state index in [2.05, 4.69) is 24.1 Å². The Kier molecular flexibility index (Phi) is 14.1. The standard InChI is InChI=1S/C21H44N2/c1-3-5-6-7-8-9-10-11-12-13-14-15-16-17-18-21-22-19-20-23(21)4-2/h21-22H,3-20H2,1-2H3. The maximum atomic E-state index is 3.63. The van der Waals surface area contributed by atoms with E-state index < -0.39 is 0 Å². The highest BCUT2D eigenvalue weighted by Crippen LogP contribution is 2.15. The summed E-state index contributed by atoms with van der Waals surface area (Å²) in [6.07, 6.45) is 22.4. The summed E-state index contributed by atoms with van der Waals surface area (Å²) < 4.78 is 0. The molecule has 23 heavy (non-hydrogen) atoms. The topological polar surface area (TPSA) is 15.3 Å². The van der Waals surface area contributed by atoms with Crippen molar-refractivity contribution in [3.8, 4) is 0 Å². The predicted molar refractivity (Wildman–Crippen MR) is 104 cm³/mol. The van der Waals surface area contributed by atoms with Crippen LogP contribution in [-0.4, -0.2) is 30.7 Å². The van der Waals surface area contributed by atoms with Crippen molar-refractivity contribution in [2.24, 2.45) is 0 Å². The van der Waals surface area contributed by atoms with Crippen LogP contribution in [0.5, 0.6) is 0 Å². The van der Waals surface area contributed by atoms with Crippen molar-refractivity contribution in [1.82, 2.24) is 10.2 Å². The van der Waals surface area contributed by atoms with E-state index in [4.69, 9.17) is 0 Å². The van der Waals surface area contributed by atoms with E-state index in [9.17, 15) is 0 Å². The molecule has 1 saturated heterocycles. The molecule has 0 saturated carbocycles. The molecule has 2 nitrogen and oxygen atoms in total. The van der Waals surface area contributed by atoms with Crippen LogP contribution >= 0.6 is 0 Å². The van der Waals surface area contributed by atoms with Crippen molar-refractivity contribution >= 4 is 0 Å². The van der Waals surface area contributed by atoms with Crippen molar-refractivity contribution in [3.63, 3.8) is 0 Å². The van der Waals surface area contributed by atoms with Crippen molar-refractivity contribution in [1.29, 1.82) is 0 Å². The van der Waals surface area contributed by atoms with Crippen LogP contribution in [0, 0.1) is 0 Å². The molecule has 0 amide bonds. The molecule has 0 aromatic rings. The van der Waals surface area contributed by atoms with E-state index in [1.807, 2.05) is 0 Å². The van der Waals surface area contributed by atoms with Gasteiger partial charge in [0.2, 0.25) is 0 Å². The minimum Gasteiger partial charge on any atom is -0.300 e. The Morgan fingerprint density at radius 1 is 0.696 bits per heavy atom. The Labute approximate surface area is 146 Å². The van der Waals surface area contributed by atoms with Gasteiger partial charge in [-0.3, -0.25) is 4.90 Å². The normalized spacial score (nSPS) is 18.8. The van der Waals surface area contributed by atoms with Crippen molar-refractivity contribution < 1.29 is 0 Å². The largest absolute Gasteiger partial charge is 0.300 e. The highest BCUT2D eigenvalue weighted by Gasteiger charge is 2.20. The summed E-state index contributed by atoms with van der Waals surface area (Å²) in [6, 6.07) is 0. The first-order chi connectivity index (χ1) is 11.4. The molecule has 0 spiro atoms.